The fourth-order valence-corrected chi connectivity index (χ4v) is 1.60. The standard InChI is InChI=1S/C12H22N4O/c1-4-10(11-14-6-7-15-11)16-12(17)9(3)8-13-5-2/h6-7,9-10,13H,4-5,8H2,1-3H3,(H,14,15)(H,16,17). The maximum atomic E-state index is 11.9. The van der Waals surface area contributed by atoms with Gasteiger partial charge in [0.1, 0.15) is 5.82 Å². The zero-order valence-electron chi connectivity index (χ0n) is 10.8. The minimum absolute atomic E-state index is 0.0263. The molecule has 2 unspecified atom stereocenters. The Morgan fingerprint density at radius 3 is 2.82 bits per heavy atom. The van der Waals surface area contributed by atoms with Gasteiger partial charge in [0.15, 0.2) is 0 Å². The molecule has 1 aromatic heterocycles. The van der Waals surface area contributed by atoms with Gasteiger partial charge in [-0.1, -0.05) is 20.8 Å². The normalized spacial score (nSPS) is 14.3. The summed E-state index contributed by atoms with van der Waals surface area (Å²) in [6.07, 6.45) is 4.30. The number of aromatic nitrogens is 2. The molecule has 1 aromatic rings. The molecular formula is C12H22N4O. The van der Waals surface area contributed by atoms with Crippen LogP contribution < -0.4 is 10.6 Å². The molecule has 0 radical (unpaired) electrons. The first-order valence-corrected chi connectivity index (χ1v) is 6.19. The van der Waals surface area contributed by atoms with Gasteiger partial charge in [-0.3, -0.25) is 4.79 Å². The van der Waals surface area contributed by atoms with Crippen molar-refractivity contribution >= 4 is 5.91 Å². The van der Waals surface area contributed by atoms with E-state index in [1.807, 2.05) is 20.8 Å². The number of nitrogens with one attached hydrogen (secondary N) is 3. The topological polar surface area (TPSA) is 69.8 Å². The lowest BCUT2D eigenvalue weighted by molar-refractivity contribution is -0.125. The summed E-state index contributed by atoms with van der Waals surface area (Å²) in [5.41, 5.74) is 0. The van der Waals surface area contributed by atoms with E-state index in [0.717, 1.165) is 18.8 Å². The molecular weight excluding hydrogens is 216 g/mol. The molecule has 3 N–H and O–H groups in total. The van der Waals surface area contributed by atoms with Crippen LogP contribution in [0.15, 0.2) is 12.4 Å². The van der Waals surface area contributed by atoms with Gasteiger partial charge >= 0.3 is 0 Å². The molecule has 0 saturated heterocycles. The molecule has 5 nitrogen and oxygen atoms in total. The summed E-state index contributed by atoms with van der Waals surface area (Å²) in [4.78, 5) is 19.1. The highest BCUT2D eigenvalue weighted by Crippen LogP contribution is 2.12. The van der Waals surface area contributed by atoms with Gasteiger partial charge < -0.3 is 15.6 Å². The van der Waals surface area contributed by atoms with Crippen LogP contribution in [0.2, 0.25) is 0 Å². The molecule has 17 heavy (non-hydrogen) atoms. The molecule has 1 amide bonds. The van der Waals surface area contributed by atoms with Gasteiger partial charge in [-0.25, -0.2) is 4.98 Å². The van der Waals surface area contributed by atoms with Crippen molar-refractivity contribution in [3.05, 3.63) is 18.2 Å². The van der Waals surface area contributed by atoms with E-state index in [1.165, 1.54) is 0 Å². The van der Waals surface area contributed by atoms with Crippen molar-refractivity contribution in [2.45, 2.75) is 33.2 Å². The molecule has 0 fully saturated rings. The monoisotopic (exact) mass is 238 g/mol. The molecule has 0 aromatic carbocycles. The van der Waals surface area contributed by atoms with E-state index in [1.54, 1.807) is 12.4 Å². The van der Waals surface area contributed by atoms with Crippen LogP contribution in [0.5, 0.6) is 0 Å². The molecule has 0 saturated carbocycles. The summed E-state index contributed by atoms with van der Waals surface area (Å²) in [6.45, 7) is 7.57. The van der Waals surface area contributed by atoms with Crippen molar-refractivity contribution in [2.75, 3.05) is 13.1 Å². The third-order valence-corrected chi connectivity index (χ3v) is 2.72. The van der Waals surface area contributed by atoms with Crippen molar-refractivity contribution in [2.24, 2.45) is 5.92 Å². The fraction of sp³-hybridized carbons (Fsp3) is 0.667. The number of imidazole rings is 1. The van der Waals surface area contributed by atoms with Gasteiger partial charge in [-0.15, -0.1) is 0 Å². The minimum Gasteiger partial charge on any atom is -0.347 e. The van der Waals surface area contributed by atoms with E-state index in [9.17, 15) is 4.79 Å². The highest BCUT2D eigenvalue weighted by Gasteiger charge is 2.18. The second kappa shape index (κ2) is 7.06. The Morgan fingerprint density at radius 2 is 2.29 bits per heavy atom. The molecule has 2 atom stereocenters. The first kappa shape index (κ1) is 13.7. The van der Waals surface area contributed by atoms with E-state index in [-0.39, 0.29) is 17.9 Å². The van der Waals surface area contributed by atoms with Crippen molar-refractivity contribution < 1.29 is 4.79 Å². The Kier molecular flexibility index (Phi) is 5.69. The van der Waals surface area contributed by atoms with Crippen LogP contribution in [-0.2, 0) is 4.79 Å². The fourth-order valence-electron chi connectivity index (χ4n) is 1.60. The summed E-state index contributed by atoms with van der Waals surface area (Å²) in [7, 11) is 0. The second-order valence-corrected chi connectivity index (χ2v) is 4.15. The smallest absolute Gasteiger partial charge is 0.224 e. The minimum atomic E-state index is -0.0287. The summed E-state index contributed by atoms with van der Waals surface area (Å²) in [5.74, 6) is 0.852. The molecule has 1 rings (SSSR count). The Hall–Kier alpha value is -1.36. The van der Waals surface area contributed by atoms with E-state index in [0.29, 0.717) is 6.54 Å². The van der Waals surface area contributed by atoms with Gasteiger partial charge in [0.05, 0.1) is 6.04 Å². The summed E-state index contributed by atoms with van der Waals surface area (Å²) < 4.78 is 0. The highest BCUT2D eigenvalue weighted by atomic mass is 16.1. The third kappa shape index (κ3) is 4.19. The summed E-state index contributed by atoms with van der Waals surface area (Å²) >= 11 is 0. The van der Waals surface area contributed by atoms with Gasteiger partial charge in [-0.05, 0) is 13.0 Å². The molecule has 0 aliphatic heterocycles. The Labute approximate surface area is 102 Å². The number of hydrogen-bond acceptors (Lipinski definition) is 3. The van der Waals surface area contributed by atoms with Gasteiger partial charge in [0.2, 0.25) is 5.91 Å². The predicted octanol–water partition coefficient (Wildman–Crippen LogP) is 1.22. The van der Waals surface area contributed by atoms with Crippen molar-refractivity contribution in [1.29, 1.82) is 0 Å². The van der Waals surface area contributed by atoms with Gasteiger partial charge in [-0.2, -0.15) is 0 Å². The highest BCUT2D eigenvalue weighted by molar-refractivity contribution is 5.78. The summed E-state index contributed by atoms with van der Waals surface area (Å²) in [5, 5.41) is 6.18. The Morgan fingerprint density at radius 1 is 1.53 bits per heavy atom. The van der Waals surface area contributed by atoms with Crippen LogP contribution in [0.3, 0.4) is 0 Å². The van der Waals surface area contributed by atoms with E-state index >= 15 is 0 Å². The molecule has 5 heteroatoms. The average molecular weight is 238 g/mol. The van der Waals surface area contributed by atoms with Crippen LogP contribution in [0, 0.1) is 5.92 Å². The number of H-pyrrole nitrogens is 1. The number of hydrogen-bond donors (Lipinski definition) is 3. The van der Waals surface area contributed by atoms with Crippen LogP contribution in [0.25, 0.3) is 0 Å². The zero-order valence-corrected chi connectivity index (χ0v) is 10.8. The first-order valence-electron chi connectivity index (χ1n) is 6.19. The number of aromatic amines is 1. The van der Waals surface area contributed by atoms with Crippen molar-refractivity contribution in [3.8, 4) is 0 Å². The maximum Gasteiger partial charge on any atom is 0.224 e. The van der Waals surface area contributed by atoms with E-state index in [2.05, 4.69) is 20.6 Å². The van der Waals surface area contributed by atoms with Gasteiger partial charge in [0.25, 0.3) is 0 Å². The van der Waals surface area contributed by atoms with Crippen LogP contribution in [0.4, 0.5) is 0 Å². The lowest BCUT2D eigenvalue weighted by Crippen LogP contribution is -2.37. The predicted molar refractivity (Wildman–Crippen MR) is 67.5 cm³/mol. The SMILES string of the molecule is CCNCC(C)C(=O)NC(CC)c1ncc[nH]1. The average Bonchev–Trinajstić information content (AvgIpc) is 2.86. The van der Waals surface area contributed by atoms with Crippen molar-refractivity contribution in [1.82, 2.24) is 20.6 Å². The number of rotatable bonds is 7. The number of amides is 1. The first-order chi connectivity index (χ1) is 8.19. The molecule has 0 aliphatic carbocycles. The quantitative estimate of drug-likeness (QED) is 0.669. The van der Waals surface area contributed by atoms with Crippen molar-refractivity contribution in [3.63, 3.8) is 0 Å². The van der Waals surface area contributed by atoms with E-state index in [4.69, 9.17) is 0 Å². The zero-order chi connectivity index (χ0) is 12.7. The lowest BCUT2D eigenvalue weighted by Gasteiger charge is -2.18. The number of carbonyl (C=O) groups excluding carboxylic acids is 1. The third-order valence-electron chi connectivity index (χ3n) is 2.72. The molecule has 0 aliphatic rings. The number of carbonyl (C=O) groups is 1. The van der Waals surface area contributed by atoms with Crippen LogP contribution >= 0.6 is 0 Å². The lowest BCUT2D eigenvalue weighted by atomic mass is 10.1. The Bertz CT molecular complexity index is 323. The molecule has 0 bridgehead atoms. The molecule has 1 heterocycles. The second-order valence-electron chi connectivity index (χ2n) is 4.15. The number of nitrogens with zero attached hydrogens (tertiary/aromatic N) is 1. The molecule has 96 valence electrons. The summed E-state index contributed by atoms with van der Waals surface area (Å²) in [6, 6.07) is -0.0263. The van der Waals surface area contributed by atoms with Gasteiger partial charge in [0, 0.05) is 24.9 Å². The van der Waals surface area contributed by atoms with Crippen LogP contribution in [0.1, 0.15) is 39.1 Å². The largest absolute Gasteiger partial charge is 0.347 e. The Balaban J connectivity index is 2.48. The van der Waals surface area contributed by atoms with Crippen LogP contribution in [-0.4, -0.2) is 29.0 Å². The van der Waals surface area contributed by atoms with E-state index < -0.39 is 0 Å². The maximum absolute atomic E-state index is 11.9. The molecule has 0 spiro atoms.